The van der Waals surface area contributed by atoms with Gasteiger partial charge in [0.2, 0.25) is 0 Å². The number of hydrogen-bond donors (Lipinski definition) is 2. The van der Waals surface area contributed by atoms with Crippen LogP contribution in [0.3, 0.4) is 0 Å². The lowest BCUT2D eigenvalue weighted by Gasteiger charge is -2.13. The van der Waals surface area contributed by atoms with Crippen LogP contribution in [0.2, 0.25) is 0 Å². The fourth-order valence-electron chi connectivity index (χ4n) is 3.66. The van der Waals surface area contributed by atoms with Crippen molar-refractivity contribution in [3.05, 3.63) is 60.3 Å². The molecule has 158 valence electrons. The first kappa shape index (κ1) is 19.5. The molecule has 4 aromatic rings. The summed E-state index contributed by atoms with van der Waals surface area (Å²) in [6.07, 6.45) is 1.32. The molecular weight excluding hydrogens is 393 g/mol. The zero-order valence-electron chi connectivity index (χ0n) is 17.5. The smallest absolute Gasteiger partial charge is 0.251 e. The molecular formula is C24H24FN5O. The highest BCUT2D eigenvalue weighted by molar-refractivity contribution is 5.95. The molecule has 1 saturated carbocycles. The molecule has 2 aromatic heterocycles. The van der Waals surface area contributed by atoms with Crippen molar-refractivity contribution >= 4 is 28.4 Å². The molecule has 2 heterocycles. The second-order valence-corrected chi connectivity index (χ2v) is 8.44. The van der Waals surface area contributed by atoms with E-state index in [2.05, 4.69) is 33.9 Å². The minimum absolute atomic E-state index is 0.246. The predicted molar refractivity (Wildman–Crippen MR) is 120 cm³/mol. The van der Waals surface area contributed by atoms with Crippen LogP contribution in [0.25, 0.3) is 27.9 Å². The molecule has 2 unspecified atom stereocenters. The number of amides is 1. The Hall–Kier alpha value is -3.48. The number of para-hydroxylation sites is 2. The molecule has 1 amide bonds. The fraction of sp³-hybridized carbons (Fsp3) is 0.292. The van der Waals surface area contributed by atoms with Gasteiger partial charge in [0.25, 0.3) is 5.91 Å². The van der Waals surface area contributed by atoms with Gasteiger partial charge in [-0.3, -0.25) is 9.20 Å². The van der Waals surface area contributed by atoms with Crippen molar-refractivity contribution < 1.29 is 9.18 Å². The van der Waals surface area contributed by atoms with Crippen LogP contribution in [-0.4, -0.2) is 39.0 Å². The van der Waals surface area contributed by atoms with Gasteiger partial charge in [-0.05, 0) is 30.2 Å². The Balaban J connectivity index is 1.54. The minimum atomic E-state index is -0.915. The molecule has 5 rings (SSSR count). The molecule has 2 aromatic carbocycles. The minimum Gasteiger partial charge on any atom is -0.367 e. The van der Waals surface area contributed by atoms with E-state index < -0.39 is 6.17 Å². The van der Waals surface area contributed by atoms with Crippen molar-refractivity contribution in [3.8, 4) is 11.3 Å². The molecule has 1 fully saturated rings. The third-order valence-corrected chi connectivity index (χ3v) is 5.48. The summed E-state index contributed by atoms with van der Waals surface area (Å²) in [6.45, 7) is 5.10. The SMILES string of the molecule is CC(C)CNc1nc2ccccc2n2c(-c3ccc(C(=O)NC4CC4F)cc3)cnc12. The summed E-state index contributed by atoms with van der Waals surface area (Å²) in [5, 5.41) is 6.13. The molecule has 0 aliphatic heterocycles. The summed E-state index contributed by atoms with van der Waals surface area (Å²) in [5.41, 5.74) is 4.97. The van der Waals surface area contributed by atoms with Gasteiger partial charge in [-0.1, -0.05) is 38.1 Å². The standard InChI is InChI=1S/C24H24FN5O/c1-14(2)12-26-22-23-27-13-21(30(23)20-6-4-3-5-18(20)28-22)15-7-9-16(10-8-15)24(31)29-19-11-17(19)25/h3-10,13-14,17,19H,11-12H2,1-2H3,(H,26,28)(H,29,31). The van der Waals surface area contributed by atoms with Crippen molar-refractivity contribution in [2.45, 2.75) is 32.5 Å². The maximum absolute atomic E-state index is 13.1. The Morgan fingerprint density at radius 1 is 1.19 bits per heavy atom. The van der Waals surface area contributed by atoms with Gasteiger partial charge in [0, 0.05) is 24.1 Å². The van der Waals surface area contributed by atoms with Crippen molar-refractivity contribution in [3.63, 3.8) is 0 Å². The van der Waals surface area contributed by atoms with E-state index in [4.69, 9.17) is 4.98 Å². The monoisotopic (exact) mass is 417 g/mol. The average Bonchev–Trinajstić information content (AvgIpc) is 3.28. The van der Waals surface area contributed by atoms with E-state index >= 15 is 0 Å². The lowest BCUT2D eigenvalue weighted by molar-refractivity contribution is 0.0947. The Morgan fingerprint density at radius 3 is 2.65 bits per heavy atom. The maximum atomic E-state index is 13.1. The van der Waals surface area contributed by atoms with Crippen molar-refractivity contribution in [2.75, 3.05) is 11.9 Å². The molecule has 0 saturated heterocycles. The number of aromatic nitrogens is 3. The number of fused-ring (bicyclic) bond motifs is 3. The first-order chi connectivity index (χ1) is 15.0. The largest absolute Gasteiger partial charge is 0.367 e. The van der Waals surface area contributed by atoms with E-state index in [0.29, 0.717) is 17.9 Å². The summed E-state index contributed by atoms with van der Waals surface area (Å²) < 4.78 is 15.2. The molecule has 1 aliphatic carbocycles. The van der Waals surface area contributed by atoms with E-state index in [1.165, 1.54) is 0 Å². The summed E-state index contributed by atoms with van der Waals surface area (Å²) >= 11 is 0. The van der Waals surface area contributed by atoms with Crippen LogP contribution in [0, 0.1) is 5.92 Å². The summed E-state index contributed by atoms with van der Waals surface area (Å²) in [5.74, 6) is 0.981. The second-order valence-electron chi connectivity index (χ2n) is 8.44. The van der Waals surface area contributed by atoms with Gasteiger partial charge in [0.15, 0.2) is 11.5 Å². The molecule has 0 spiro atoms. The van der Waals surface area contributed by atoms with Crippen LogP contribution >= 0.6 is 0 Å². The zero-order chi connectivity index (χ0) is 21.5. The van der Waals surface area contributed by atoms with E-state index in [1.54, 1.807) is 12.1 Å². The number of benzene rings is 2. The van der Waals surface area contributed by atoms with E-state index in [0.717, 1.165) is 40.3 Å². The number of carbonyl (C=O) groups excluding carboxylic acids is 1. The average molecular weight is 417 g/mol. The lowest BCUT2D eigenvalue weighted by Crippen LogP contribution is -2.26. The lowest BCUT2D eigenvalue weighted by atomic mass is 10.1. The molecule has 1 aliphatic rings. The van der Waals surface area contributed by atoms with Crippen LogP contribution in [0.4, 0.5) is 10.2 Å². The third kappa shape index (κ3) is 3.71. The number of halogens is 1. The number of imidazole rings is 1. The second kappa shape index (κ2) is 7.65. The molecule has 0 radical (unpaired) electrons. The molecule has 7 heteroatoms. The highest BCUT2D eigenvalue weighted by Crippen LogP contribution is 2.29. The topological polar surface area (TPSA) is 71.3 Å². The van der Waals surface area contributed by atoms with E-state index in [1.807, 2.05) is 42.6 Å². The number of carbonyl (C=O) groups is 1. The number of nitrogens with zero attached hydrogens (tertiary/aromatic N) is 3. The summed E-state index contributed by atoms with van der Waals surface area (Å²) in [7, 11) is 0. The van der Waals surface area contributed by atoms with Crippen LogP contribution in [-0.2, 0) is 0 Å². The van der Waals surface area contributed by atoms with Crippen LogP contribution < -0.4 is 10.6 Å². The first-order valence-electron chi connectivity index (χ1n) is 10.6. The predicted octanol–water partition coefficient (Wildman–Crippen LogP) is 4.46. The van der Waals surface area contributed by atoms with Crippen LogP contribution in [0.5, 0.6) is 0 Å². The highest BCUT2D eigenvalue weighted by atomic mass is 19.1. The van der Waals surface area contributed by atoms with Crippen LogP contribution in [0.1, 0.15) is 30.6 Å². The van der Waals surface area contributed by atoms with Gasteiger partial charge in [-0.2, -0.15) is 0 Å². The number of hydrogen-bond acceptors (Lipinski definition) is 4. The highest BCUT2D eigenvalue weighted by Gasteiger charge is 2.38. The van der Waals surface area contributed by atoms with Gasteiger partial charge < -0.3 is 10.6 Å². The third-order valence-electron chi connectivity index (χ3n) is 5.48. The number of rotatable bonds is 6. The normalized spacial score (nSPS) is 17.9. The first-order valence-corrected chi connectivity index (χ1v) is 10.6. The number of alkyl halides is 1. The number of anilines is 1. The Kier molecular flexibility index (Phi) is 4.81. The van der Waals surface area contributed by atoms with E-state index in [-0.39, 0.29) is 11.9 Å². The van der Waals surface area contributed by atoms with Gasteiger partial charge in [-0.15, -0.1) is 0 Å². The molecule has 0 bridgehead atoms. The molecule has 31 heavy (non-hydrogen) atoms. The zero-order valence-corrected chi connectivity index (χ0v) is 17.5. The number of nitrogens with one attached hydrogen (secondary N) is 2. The van der Waals surface area contributed by atoms with E-state index in [9.17, 15) is 9.18 Å². The molecule has 2 atom stereocenters. The maximum Gasteiger partial charge on any atom is 0.251 e. The van der Waals surface area contributed by atoms with Gasteiger partial charge in [-0.25, -0.2) is 14.4 Å². The van der Waals surface area contributed by atoms with Gasteiger partial charge >= 0.3 is 0 Å². The van der Waals surface area contributed by atoms with Crippen LogP contribution in [0.15, 0.2) is 54.7 Å². The Morgan fingerprint density at radius 2 is 1.94 bits per heavy atom. The van der Waals surface area contributed by atoms with Crippen molar-refractivity contribution in [1.29, 1.82) is 0 Å². The van der Waals surface area contributed by atoms with Crippen molar-refractivity contribution in [1.82, 2.24) is 19.7 Å². The Bertz CT molecular complexity index is 1260. The fourth-order valence-corrected chi connectivity index (χ4v) is 3.66. The van der Waals surface area contributed by atoms with Gasteiger partial charge in [0.05, 0.1) is 29.0 Å². The Labute approximate surface area is 179 Å². The van der Waals surface area contributed by atoms with Gasteiger partial charge in [0.1, 0.15) is 6.17 Å². The molecule has 2 N–H and O–H groups in total. The summed E-state index contributed by atoms with van der Waals surface area (Å²) in [4.78, 5) is 21.7. The quantitative estimate of drug-likeness (QED) is 0.486. The molecule has 6 nitrogen and oxygen atoms in total. The van der Waals surface area contributed by atoms with Crippen molar-refractivity contribution in [2.24, 2.45) is 5.92 Å². The summed E-state index contributed by atoms with van der Waals surface area (Å²) in [6, 6.07) is 14.9.